The summed E-state index contributed by atoms with van der Waals surface area (Å²) < 4.78 is 1.55. The Morgan fingerprint density at radius 2 is 1.73 bits per heavy atom. The van der Waals surface area contributed by atoms with Gasteiger partial charge in [0.05, 0.1) is 5.69 Å². The number of hydrogen-bond acceptors (Lipinski definition) is 5. The molecule has 3 aromatic rings. The molecule has 1 aliphatic heterocycles. The molecule has 1 N–H and O–H groups in total. The molecule has 8 heteroatoms. The molecular weight excluding hydrogens is 380 g/mol. The summed E-state index contributed by atoms with van der Waals surface area (Å²) in [7, 11) is 0. The molecule has 1 fully saturated rings. The molecule has 0 spiro atoms. The molecule has 0 bridgehead atoms. The number of hydrogen-bond donors (Lipinski definition) is 1. The van der Waals surface area contributed by atoms with Crippen molar-refractivity contribution in [3.63, 3.8) is 0 Å². The molecule has 0 atom stereocenters. The largest absolute Gasteiger partial charge is 0.339 e. The van der Waals surface area contributed by atoms with Crippen LogP contribution in [0.15, 0.2) is 67.0 Å². The van der Waals surface area contributed by atoms with E-state index >= 15 is 0 Å². The lowest BCUT2D eigenvalue weighted by Crippen LogP contribution is -2.40. The highest BCUT2D eigenvalue weighted by Crippen LogP contribution is 2.20. The number of tetrazole rings is 1. The van der Waals surface area contributed by atoms with Gasteiger partial charge < -0.3 is 10.2 Å². The third kappa shape index (κ3) is 4.78. The fourth-order valence-electron chi connectivity index (χ4n) is 3.42. The lowest BCUT2D eigenvalue weighted by molar-refractivity contribution is -0.130. The van der Waals surface area contributed by atoms with Gasteiger partial charge in [-0.3, -0.25) is 9.59 Å². The van der Waals surface area contributed by atoms with Gasteiger partial charge in [0.1, 0.15) is 6.33 Å². The Morgan fingerprint density at radius 3 is 2.40 bits per heavy atom. The van der Waals surface area contributed by atoms with E-state index in [-0.39, 0.29) is 17.7 Å². The van der Waals surface area contributed by atoms with Crippen LogP contribution < -0.4 is 5.32 Å². The zero-order valence-electron chi connectivity index (χ0n) is 16.4. The number of nitrogens with one attached hydrogen (secondary N) is 1. The van der Waals surface area contributed by atoms with Crippen LogP contribution in [0.4, 0.5) is 5.69 Å². The van der Waals surface area contributed by atoms with Crippen LogP contribution in [0.1, 0.15) is 18.4 Å². The molecule has 2 amide bonds. The number of rotatable bonds is 5. The van der Waals surface area contributed by atoms with Crippen molar-refractivity contribution in [1.82, 2.24) is 25.1 Å². The summed E-state index contributed by atoms with van der Waals surface area (Å²) in [5.41, 5.74) is 2.53. The van der Waals surface area contributed by atoms with E-state index in [1.807, 2.05) is 60.7 Å². The zero-order chi connectivity index (χ0) is 20.8. The molecule has 1 saturated heterocycles. The molecule has 1 aromatic heterocycles. The minimum atomic E-state index is -0.105. The van der Waals surface area contributed by atoms with E-state index in [9.17, 15) is 9.59 Å². The summed E-state index contributed by atoms with van der Waals surface area (Å²) in [4.78, 5) is 26.8. The van der Waals surface area contributed by atoms with E-state index in [0.29, 0.717) is 25.9 Å². The summed E-state index contributed by atoms with van der Waals surface area (Å²) in [6, 6.07) is 17.0. The van der Waals surface area contributed by atoms with Crippen LogP contribution in [0, 0.1) is 5.92 Å². The molecule has 152 valence electrons. The van der Waals surface area contributed by atoms with Crippen molar-refractivity contribution in [2.45, 2.75) is 12.8 Å². The third-order valence-electron chi connectivity index (χ3n) is 5.14. The van der Waals surface area contributed by atoms with Gasteiger partial charge in [0.2, 0.25) is 11.8 Å². The Kier molecular flexibility index (Phi) is 5.93. The smallest absolute Gasteiger partial charge is 0.246 e. The number of aromatic nitrogens is 4. The van der Waals surface area contributed by atoms with Crippen molar-refractivity contribution >= 4 is 23.6 Å². The predicted molar refractivity (Wildman–Crippen MR) is 113 cm³/mol. The maximum Gasteiger partial charge on any atom is 0.246 e. The summed E-state index contributed by atoms with van der Waals surface area (Å²) >= 11 is 0. The third-order valence-corrected chi connectivity index (χ3v) is 5.14. The second kappa shape index (κ2) is 9.13. The Morgan fingerprint density at radius 1 is 1.00 bits per heavy atom. The van der Waals surface area contributed by atoms with Crippen molar-refractivity contribution in [2.75, 3.05) is 18.4 Å². The minimum absolute atomic E-state index is 0.0166. The van der Waals surface area contributed by atoms with Crippen LogP contribution in [-0.2, 0) is 9.59 Å². The Hall–Kier alpha value is -3.81. The first kappa shape index (κ1) is 19.5. The molecule has 2 aromatic carbocycles. The zero-order valence-corrected chi connectivity index (χ0v) is 16.4. The highest BCUT2D eigenvalue weighted by molar-refractivity contribution is 5.94. The average Bonchev–Trinajstić information content (AvgIpc) is 3.34. The number of piperidine rings is 1. The summed E-state index contributed by atoms with van der Waals surface area (Å²) in [6.45, 7) is 1.16. The maximum atomic E-state index is 12.6. The summed E-state index contributed by atoms with van der Waals surface area (Å²) in [5.74, 6) is -0.139. The van der Waals surface area contributed by atoms with Crippen LogP contribution >= 0.6 is 0 Å². The molecule has 0 aliphatic carbocycles. The first-order chi connectivity index (χ1) is 14.7. The molecule has 30 heavy (non-hydrogen) atoms. The highest BCUT2D eigenvalue weighted by Gasteiger charge is 2.26. The molecule has 0 unspecified atom stereocenters. The van der Waals surface area contributed by atoms with Gasteiger partial charge in [-0.25, -0.2) is 4.68 Å². The molecular formula is C22H22N6O2. The van der Waals surface area contributed by atoms with Crippen LogP contribution in [-0.4, -0.2) is 50.0 Å². The van der Waals surface area contributed by atoms with Gasteiger partial charge in [-0.1, -0.05) is 30.3 Å². The van der Waals surface area contributed by atoms with Crippen molar-refractivity contribution in [3.05, 3.63) is 72.6 Å². The van der Waals surface area contributed by atoms with Crippen molar-refractivity contribution in [1.29, 1.82) is 0 Å². The number of likely N-dealkylation sites (tertiary alicyclic amines) is 1. The number of benzene rings is 2. The molecule has 8 nitrogen and oxygen atoms in total. The Balaban J connectivity index is 1.27. The first-order valence-corrected chi connectivity index (χ1v) is 9.85. The van der Waals surface area contributed by atoms with E-state index in [2.05, 4.69) is 20.8 Å². The Bertz CT molecular complexity index is 1010. The van der Waals surface area contributed by atoms with E-state index in [0.717, 1.165) is 16.9 Å². The predicted octanol–water partition coefficient (Wildman–Crippen LogP) is 2.55. The lowest BCUT2D eigenvalue weighted by Gasteiger charge is -2.30. The Labute approximate surface area is 174 Å². The molecule has 1 aliphatic rings. The van der Waals surface area contributed by atoms with E-state index in [1.165, 1.54) is 6.33 Å². The van der Waals surface area contributed by atoms with Crippen molar-refractivity contribution < 1.29 is 9.59 Å². The number of carbonyl (C=O) groups excluding carboxylic acids is 2. The van der Waals surface area contributed by atoms with E-state index < -0.39 is 0 Å². The number of anilines is 1. The highest BCUT2D eigenvalue weighted by atomic mass is 16.2. The fourth-order valence-corrected chi connectivity index (χ4v) is 3.42. The van der Waals surface area contributed by atoms with Gasteiger partial charge in [-0.2, -0.15) is 0 Å². The topological polar surface area (TPSA) is 93.0 Å². The minimum Gasteiger partial charge on any atom is -0.339 e. The number of carbonyl (C=O) groups is 2. The normalized spacial score (nSPS) is 14.7. The number of amides is 2. The van der Waals surface area contributed by atoms with Crippen LogP contribution in [0.5, 0.6) is 0 Å². The number of nitrogens with zero attached hydrogens (tertiary/aromatic N) is 5. The van der Waals surface area contributed by atoms with Crippen molar-refractivity contribution in [3.8, 4) is 5.69 Å². The van der Waals surface area contributed by atoms with Crippen molar-refractivity contribution in [2.24, 2.45) is 5.92 Å². The van der Waals surface area contributed by atoms with E-state index in [4.69, 9.17) is 0 Å². The van der Waals surface area contributed by atoms with Crippen LogP contribution in [0.25, 0.3) is 11.8 Å². The molecule has 4 rings (SSSR count). The molecule has 2 heterocycles. The van der Waals surface area contributed by atoms with Gasteiger partial charge in [0, 0.05) is 30.8 Å². The quantitative estimate of drug-likeness (QED) is 0.662. The second-order valence-corrected chi connectivity index (χ2v) is 7.13. The van der Waals surface area contributed by atoms with Gasteiger partial charge in [0.25, 0.3) is 0 Å². The molecule has 0 saturated carbocycles. The van der Waals surface area contributed by atoms with Crippen LogP contribution in [0.2, 0.25) is 0 Å². The van der Waals surface area contributed by atoms with Crippen LogP contribution in [0.3, 0.4) is 0 Å². The van der Waals surface area contributed by atoms with Gasteiger partial charge in [-0.05, 0) is 59.2 Å². The van der Waals surface area contributed by atoms with E-state index in [1.54, 1.807) is 15.7 Å². The van der Waals surface area contributed by atoms with Gasteiger partial charge in [0.15, 0.2) is 0 Å². The summed E-state index contributed by atoms with van der Waals surface area (Å²) in [5, 5.41) is 14.0. The second-order valence-electron chi connectivity index (χ2n) is 7.13. The average molecular weight is 402 g/mol. The monoisotopic (exact) mass is 402 g/mol. The van der Waals surface area contributed by atoms with Gasteiger partial charge >= 0.3 is 0 Å². The van der Waals surface area contributed by atoms with Gasteiger partial charge in [-0.15, -0.1) is 5.10 Å². The summed E-state index contributed by atoms with van der Waals surface area (Å²) in [6.07, 6.45) is 6.23. The first-order valence-electron chi connectivity index (χ1n) is 9.85. The molecule has 0 radical (unpaired) electrons. The maximum absolute atomic E-state index is 12.6. The fraction of sp³-hybridized carbons (Fsp3) is 0.227. The SMILES string of the molecule is O=C(Nc1ccc(-n2cnnn2)cc1)C1CCN(C(=O)/C=C/c2ccccc2)CC1. The standard InChI is InChI=1S/C22H22N6O2/c29-21(11-6-17-4-2-1-3-5-17)27-14-12-18(13-15-27)22(30)24-19-7-9-20(10-8-19)28-16-23-25-26-28/h1-11,16,18H,12-15H2,(H,24,30)/b11-6+. The lowest BCUT2D eigenvalue weighted by atomic mass is 9.95.